The fourth-order valence-electron chi connectivity index (χ4n) is 8.99. The molecule has 4 bridgehead atoms. The molecule has 2 aromatic rings. The van der Waals surface area contributed by atoms with Gasteiger partial charge in [-0.25, -0.2) is 9.98 Å². The summed E-state index contributed by atoms with van der Waals surface area (Å²) in [5.41, 5.74) is 1.82. The summed E-state index contributed by atoms with van der Waals surface area (Å²) in [6, 6.07) is 1.40. The summed E-state index contributed by atoms with van der Waals surface area (Å²) in [6.07, 6.45) is 6.40. The lowest BCUT2D eigenvalue weighted by atomic mass is 9.96. The number of oxazole rings is 1. The van der Waals surface area contributed by atoms with Crippen LogP contribution >= 0.6 is 0 Å². The first-order chi connectivity index (χ1) is 29.7. The van der Waals surface area contributed by atoms with Crippen LogP contribution in [0, 0.1) is 5.92 Å². The first-order valence-corrected chi connectivity index (χ1v) is 22.1. The van der Waals surface area contributed by atoms with Crippen LogP contribution in [0.1, 0.15) is 114 Å². The van der Waals surface area contributed by atoms with Gasteiger partial charge >= 0.3 is 0 Å². The quantitative estimate of drug-likeness (QED) is 0.347. The molecule has 3 saturated heterocycles. The lowest BCUT2D eigenvalue weighted by Crippen LogP contribution is -2.58. The number of carbonyl (C=O) groups excluding carboxylic acids is 6. The maximum atomic E-state index is 14.6. The molecule has 62 heavy (non-hydrogen) atoms. The molecule has 3 N–H and O–H groups in total. The lowest BCUT2D eigenvalue weighted by Gasteiger charge is -2.34. The number of aliphatic imine (C=N–C) groups is 1. The number of hydrogen-bond acceptors (Lipinski definition) is 11. The largest absolute Gasteiger partial charge is 0.490 e. The van der Waals surface area contributed by atoms with E-state index in [1.165, 1.54) is 6.26 Å². The summed E-state index contributed by atoms with van der Waals surface area (Å²) in [7, 11) is 0. The predicted octanol–water partition coefficient (Wildman–Crippen LogP) is 3.24. The van der Waals surface area contributed by atoms with Crippen LogP contribution in [0.15, 0.2) is 51.6 Å². The fourth-order valence-corrected chi connectivity index (χ4v) is 8.99. The molecule has 7 rings (SSSR count). The molecule has 6 amide bonds. The van der Waals surface area contributed by atoms with Crippen molar-refractivity contribution in [2.24, 2.45) is 10.9 Å². The van der Waals surface area contributed by atoms with E-state index in [0.29, 0.717) is 76.9 Å². The molecule has 17 heteroatoms. The molecule has 9 atom stereocenters. The van der Waals surface area contributed by atoms with E-state index in [1.54, 1.807) is 28.5 Å². The summed E-state index contributed by atoms with van der Waals surface area (Å²) in [6.45, 7) is 12.7. The van der Waals surface area contributed by atoms with Crippen molar-refractivity contribution in [3.8, 4) is 5.75 Å². The summed E-state index contributed by atoms with van der Waals surface area (Å²) in [5, 5.41) is 8.77. The first-order valence-electron chi connectivity index (χ1n) is 22.1. The Balaban J connectivity index is 1.21. The van der Waals surface area contributed by atoms with E-state index in [0.717, 1.165) is 11.1 Å². The molecule has 0 aliphatic carbocycles. The van der Waals surface area contributed by atoms with Crippen molar-refractivity contribution in [2.75, 3.05) is 26.2 Å². The second kappa shape index (κ2) is 19.1. The molecule has 1 aromatic heterocycles. The van der Waals surface area contributed by atoms with E-state index in [4.69, 9.17) is 18.9 Å². The molecule has 6 heterocycles. The van der Waals surface area contributed by atoms with E-state index in [9.17, 15) is 28.8 Å². The lowest BCUT2D eigenvalue weighted by molar-refractivity contribution is -0.148. The summed E-state index contributed by atoms with van der Waals surface area (Å²) < 4.78 is 17.8. The molecule has 17 nitrogen and oxygen atoms in total. The molecule has 0 unspecified atom stereocenters. The number of nitrogens with one attached hydrogen (secondary N) is 3. The minimum absolute atomic E-state index is 0.0748. The molecular weight excluding hydrogens is 797 g/mol. The number of fused-ring (bicyclic) bond motifs is 7. The van der Waals surface area contributed by atoms with Gasteiger partial charge in [0.25, 0.3) is 5.91 Å². The van der Waals surface area contributed by atoms with Gasteiger partial charge < -0.3 is 44.5 Å². The van der Waals surface area contributed by atoms with Gasteiger partial charge in [-0.15, -0.1) is 0 Å². The topological polar surface area (TPSA) is 205 Å². The van der Waals surface area contributed by atoms with Crippen LogP contribution in [-0.4, -0.2) is 130 Å². The van der Waals surface area contributed by atoms with Gasteiger partial charge in [-0.3, -0.25) is 28.8 Å². The van der Waals surface area contributed by atoms with Crippen LogP contribution in [0.3, 0.4) is 0 Å². The third kappa shape index (κ3) is 9.50. The molecule has 1 aromatic carbocycles. The smallest absolute Gasteiger partial charge is 0.273 e. The third-order valence-corrected chi connectivity index (χ3v) is 12.7. The highest BCUT2D eigenvalue weighted by Crippen LogP contribution is 2.30. The number of ether oxygens (including phenoxy) is 2. The Kier molecular flexibility index (Phi) is 13.7. The van der Waals surface area contributed by atoms with Crippen LogP contribution in [0.25, 0.3) is 0 Å². The zero-order valence-corrected chi connectivity index (χ0v) is 36.6. The van der Waals surface area contributed by atoms with Gasteiger partial charge in [0.05, 0.1) is 0 Å². The molecule has 5 aliphatic heterocycles. The Morgan fingerprint density at radius 3 is 2.16 bits per heavy atom. The van der Waals surface area contributed by atoms with Crippen LogP contribution < -0.4 is 20.7 Å². The maximum absolute atomic E-state index is 14.6. The Bertz CT molecular complexity index is 2080. The second-order valence-electron chi connectivity index (χ2n) is 17.4. The predicted molar refractivity (Wildman–Crippen MR) is 227 cm³/mol. The molecule has 5 aliphatic rings. The van der Waals surface area contributed by atoms with E-state index >= 15 is 0 Å². The van der Waals surface area contributed by atoms with Gasteiger partial charge in [0, 0.05) is 26.1 Å². The van der Waals surface area contributed by atoms with Crippen molar-refractivity contribution in [2.45, 2.75) is 141 Å². The van der Waals surface area contributed by atoms with Crippen LogP contribution in [0.5, 0.6) is 5.75 Å². The van der Waals surface area contributed by atoms with Crippen molar-refractivity contribution in [1.29, 1.82) is 0 Å². The third-order valence-electron chi connectivity index (χ3n) is 12.7. The number of aromatic nitrogens is 1. The van der Waals surface area contributed by atoms with Gasteiger partial charge in [0.15, 0.2) is 11.7 Å². The second-order valence-corrected chi connectivity index (χ2v) is 17.4. The molecular formula is C45H60N8O9. The van der Waals surface area contributed by atoms with Crippen LogP contribution in [-0.2, 0) is 35.1 Å². The van der Waals surface area contributed by atoms with Crippen molar-refractivity contribution in [3.05, 3.63) is 59.3 Å². The van der Waals surface area contributed by atoms with Crippen molar-refractivity contribution < 1.29 is 42.7 Å². The Labute approximate surface area is 362 Å². The van der Waals surface area contributed by atoms with Gasteiger partial charge in [-0.05, 0) is 95.9 Å². The molecule has 3 fully saturated rings. The Morgan fingerprint density at radius 1 is 0.839 bits per heavy atom. The number of carbonyl (C=O) groups is 6. The van der Waals surface area contributed by atoms with E-state index in [1.807, 2.05) is 58.0 Å². The first kappa shape index (κ1) is 44.3. The number of benzene rings is 1. The average Bonchev–Trinajstić information content (AvgIpc) is 4.11. The molecule has 0 spiro atoms. The van der Waals surface area contributed by atoms with E-state index in [-0.39, 0.29) is 47.5 Å². The zero-order valence-electron chi connectivity index (χ0n) is 36.6. The minimum atomic E-state index is -1.05. The Morgan fingerprint density at radius 2 is 1.48 bits per heavy atom. The highest BCUT2D eigenvalue weighted by Gasteiger charge is 2.47. The van der Waals surface area contributed by atoms with E-state index in [2.05, 4.69) is 20.9 Å². The Hall–Kier alpha value is -5.74. The number of hydrogen-bond donors (Lipinski definition) is 3. The summed E-state index contributed by atoms with van der Waals surface area (Å²) >= 11 is 0. The highest BCUT2D eigenvalue weighted by atomic mass is 16.5. The van der Waals surface area contributed by atoms with Crippen LogP contribution in [0.4, 0.5) is 0 Å². The zero-order chi connectivity index (χ0) is 44.2. The van der Waals surface area contributed by atoms with Crippen molar-refractivity contribution in [3.63, 3.8) is 0 Å². The normalized spacial score (nSPS) is 29.1. The van der Waals surface area contributed by atoms with Gasteiger partial charge in [-0.1, -0.05) is 38.0 Å². The molecule has 0 saturated carbocycles. The van der Waals surface area contributed by atoms with Gasteiger partial charge in [0.2, 0.25) is 41.3 Å². The maximum Gasteiger partial charge on any atom is 0.273 e. The number of amides is 6. The molecule has 0 radical (unpaired) electrons. The monoisotopic (exact) mass is 856 g/mol. The number of nitrogens with zero attached hydrogens (tertiary/aromatic N) is 5. The highest BCUT2D eigenvalue weighted by molar-refractivity contribution is 5.99. The van der Waals surface area contributed by atoms with Gasteiger partial charge in [-0.2, -0.15) is 0 Å². The molecule has 334 valence electrons. The number of allylic oxidation sites excluding steroid dienone is 1. The van der Waals surface area contributed by atoms with Crippen molar-refractivity contribution >= 4 is 41.3 Å². The summed E-state index contributed by atoms with van der Waals surface area (Å²) in [4.78, 5) is 99.0. The number of rotatable bonds is 7. The van der Waals surface area contributed by atoms with Crippen molar-refractivity contribution in [1.82, 2.24) is 35.6 Å². The standard InChI is InChI=1S/C45H60N8O9/c1-7-26(4)36-45(59)53-21-10-13-35(53)44(58)51-19-8-11-33(51)39(55)46-27(5)41-48-32(24-61-41)38(54)47-31(23-29-14-16-30(17-15-29)60-22-18-25(2)3)43(57)52-20-9-12-34(52)42-50-37(28(6)62-42)40(56)49-36/h14-18,24,26-28,31,33-37H,7-13,19-23H2,1-6H3,(H,46,55)(H,47,54)(H,49,56)/t26-,27-,28+,31-,33-,34-,35-,36-,37-/m0/s1. The van der Waals surface area contributed by atoms with Crippen LogP contribution in [0.2, 0.25) is 0 Å². The average molecular weight is 857 g/mol. The fraction of sp³-hybridized carbons (Fsp3) is 0.600. The van der Waals surface area contributed by atoms with Gasteiger partial charge in [0.1, 0.15) is 61.0 Å². The minimum Gasteiger partial charge on any atom is -0.490 e. The summed E-state index contributed by atoms with van der Waals surface area (Å²) in [5.74, 6) is -1.87. The SMILES string of the molecule is CC[C@H](C)[C@@H]1NC(=O)[C@H]2N=C(O[C@@H]2C)[C@@H]2CCCN2C(=O)[C@H](Cc2ccc(OCC=C(C)C)cc2)NC(=O)c2coc(n2)[C@H](C)NC(=O)[C@@H]2CCCN2C(=O)[C@@H]2CCCN2C1=O. The van der Waals surface area contributed by atoms with E-state index < -0.39 is 66.1 Å².